The Kier molecular flexibility index (Phi) is 5.24. The second-order valence-corrected chi connectivity index (χ2v) is 5.42. The van der Waals surface area contributed by atoms with Crippen LogP contribution in [0.2, 0.25) is 5.15 Å². The van der Waals surface area contributed by atoms with E-state index in [4.69, 9.17) is 11.6 Å². The van der Waals surface area contributed by atoms with Crippen molar-refractivity contribution in [1.82, 2.24) is 15.3 Å². The van der Waals surface area contributed by atoms with Crippen LogP contribution in [-0.2, 0) is 9.53 Å². The molecular weight excluding hydrogens is 314 g/mol. The Balaban J connectivity index is 2.15. The second kappa shape index (κ2) is 7.14. The van der Waals surface area contributed by atoms with Crippen LogP contribution in [0.15, 0.2) is 29.9 Å². The molecule has 2 heterocycles. The molecule has 2 aromatic rings. The number of aromatic nitrogens is 2. The fourth-order valence-electron chi connectivity index (χ4n) is 1.65. The number of esters is 1. The Morgan fingerprint density at radius 2 is 2.29 bits per heavy atom. The minimum Gasteiger partial charge on any atom is -0.469 e. The highest BCUT2D eigenvalue weighted by atomic mass is 35.5. The van der Waals surface area contributed by atoms with Gasteiger partial charge in [-0.15, -0.1) is 11.3 Å². The van der Waals surface area contributed by atoms with E-state index in [0.717, 1.165) is 4.88 Å². The highest BCUT2D eigenvalue weighted by Gasteiger charge is 2.21. The summed E-state index contributed by atoms with van der Waals surface area (Å²) in [6, 6.07) is 3.20. The van der Waals surface area contributed by atoms with Gasteiger partial charge in [-0.25, -0.2) is 4.98 Å². The SMILES string of the molecule is COC(=O)CC(NC(=O)c1cncc(Cl)n1)c1cccs1. The highest BCUT2D eigenvalue weighted by molar-refractivity contribution is 7.10. The zero-order valence-corrected chi connectivity index (χ0v) is 12.6. The molecule has 1 atom stereocenters. The van der Waals surface area contributed by atoms with Crippen LogP contribution in [0.1, 0.15) is 27.8 Å². The van der Waals surface area contributed by atoms with Gasteiger partial charge in [0.25, 0.3) is 5.91 Å². The number of carbonyl (C=O) groups excluding carboxylic acids is 2. The molecule has 0 saturated carbocycles. The summed E-state index contributed by atoms with van der Waals surface area (Å²) in [6.07, 6.45) is 2.69. The molecule has 8 heteroatoms. The van der Waals surface area contributed by atoms with Crippen molar-refractivity contribution in [2.75, 3.05) is 7.11 Å². The van der Waals surface area contributed by atoms with Crippen LogP contribution >= 0.6 is 22.9 Å². The first-order valence-electron chi connectivity index (χ1n) is 5.98. The number of nitrogens with zero attached hydrogens (tertiary/aromatic N) is 2. The van der Waals surface area contributed by atoms with Gasteiger partial charge in [-0.3, -0.25) is 14.6 Å². The van der Waals surface area contributed by atoms with Crippen LogP contribution in [0, 0.1) is 0 Å². The molecule has 0 bridgehead atoms. The summed E-state index contributed by atoms with van der Waals surface area (Å²) in [6.45, 7) is 0. The predicted octanol–water partition coefficient (Wildman–Crippen LogP) is 2.23. The van der Waals surface area contributed by atoms with E-state index in [2.05, 4.69) is 20.0 Å². The summed E-state index contributed by atoms with van der Waals surface area (Å²) < 4.78 is 4.65. The zero-order chi connectivity index (χ0) is 15.2. The van der Waals surface area contributed by atoms with Crippen LogP contribution in [0.3, 0.4) is 0 Å². The fourth-order valence-corrected chi connectivity index (χ4v) is 2.57. The molecule has 1 N–H and O–H groups in total. The topological polar surface area (TPSA) is 81.2 Å². The summed E-state index contributed by atoms with van der Waals surface area (Å²) in [5, 5.41) is 4.73. The summed E-state index contributed by atoms with van der Waals surface area (Å²) in [5.41, 5.74) is 0.0916. The van der Waals surface area contributed by atoms with E-state index in [0.29, 0.717) is 0 Å². The maximum absolute atomic E-state index is 12.2. The van der Waals surface area contributed by atoms with Crippen molar-refractivity contribution in [2.24, 2.45) is 0 Å². The van der Waals surface area contributed by atoms with Gasteiger partial charge in [-0.05, 0) is 11.4 Å². The Labute approximate surface area is 130 Å². The van der Waals surface area contributed by atoms with Gasteiger partial charge < -0.3 is 10.1 Å². The number of carbonyl (C=O) groups is 2. The van der Waals surface area contributed by atoms with Gasteiger partial charge in [0.2, 0.25) is 0 Å². The summed E-state index contributed by atoms with van der Waals surface area (Å²) in [4.78, 5) is 32.2. The molecule has 0 aliphatic rings. The van der Waals surface area contributed by atoms with Crippen molar-refractivity contribution in [3.05, 3.63) is 45.6 Å². The van der Waals surface area contributed by atoms with Gasteiger partial charge in [0.05, 0.1) is 32.0 Å². The number of amides is 1. The monoisotopic (exact) mass is 325 g/mol. The number of ether oxygens (including phenoxy) is 1. The smallest absolute Gasteiger partial charge is 0.307 e. The van der Waals surface area contributed by atoms with Gasteiger partial charge in [-0.1, -0.05) is 17.7 Å². The Hall–Kier alpha value is -1.99. The third-order valence-electron chi connectivity index (χ3n) is 2.63. The van der Waals surface area contributed by atoms with Crippen molar-refractivity contribution >= 4 is 34.8 Å². The highest BCUT2D eigenvalue weighted by Crippen LogP contribution is 2.22. The first-order chi connectivity index (χ1) is 10.1. The van der Waals surface area contributed by atoms with E-state index in [-0.39, 0.29) is 17.3 Å². The summed E-state index contributed by atoms with van der Waals surface area (Å²) >= 11 is 7.15. The number of hydrogen-bond acceptors (Lipinski definition) is 6. The normalized spacial score (nSPS) is 11.7. The Bertz CT molecular complexity index is 633. The van der Waals surface area contributed by atoms with Crippen LogP contribution < -0.4 is 5.32 Å². The van der Waals surface area contributed by atoms with Crippen molar-refractivity contribution in [2.45, 2.75) is 12.5 Å². The Morgan fingerprint density at radius 1 is 1.48 bits per heavy atom. The average molecular weight is 326 g/mol. The number of nitrogens with one attached hydrogen (secondary N) is 1. The number of methoxy groups -OCH3 is 1. The van der Waals surface area contributed by atoms with Crippen molar-refractivity contribution in [3.8, 4) is 0 Å². The minimum atomic E-state index is -0.481. The van der Waals surface area contributed by atoms with Crippen LogP contribution in [0.5, 0.6) is 0 Å². The van der Waals surface area contributed by atoms with E-state index < -0.39 is 17.9 Å². The molecule has 110 valence electrons. The lowest BCUT2D eigenvalue weighted by molar-refractivity contribution is -0.141. The van der Waals surface area contributed by atoms with Crippen LogP contribution in [0.4, 0.5) is 0 Å². The van der Waals surface area contributed by atoms with Gasteiger partial charge >= 0.3 is 5.97 Å². The number of halogens is 1. The van der Waals surface area contributed by atoms with E-state index in [1.165, 1.54) is 30.8 Å². The third-order valence-corrected chi connectivity index (χ3v) is 3.80. The lowest BCUT2D eigenvalue weighted by Gasteiger charge is -2.16. The lowest BCUT2D eigenvalue weighted by atomic mass is 10.1. The maximum atomic E-state index is 12.2. The van der Waals surface area contributed by atoms with Crippen molar-refractivity contribution < 1.29 is 14.3 Å². The molecule has 0 aliphatic carbocycles. The first kappa shape index (κ1) is 15.4. The molecule has 0 radical (unpaired) electrons. The van der Waals surface area contributed by atoms with Gasteiger partial charge in [-0.2, -0.15) is 0 Å². The van der Waals surface area contributed by atoms with Crippen molar-refractivity contribution in [3.63, 3.8) is 0 Å². The maximum Gasteiger partial charge on any atom is 0.307 e. The quantitative estimate of drug-likeness (QED) is 0.852. The lowest BCUT2D eigenvalue weighted by Crippen LogP contribution is -2.30. The first-order valence-corrected chi connectivity index (χ1v) is 7.24. The third kappa shape index (κ3) is 4.24. The second-order valence-electron chi connectivity index (χ2n) is 4.05. The number of rotatable bonds is 5. The molecule has 0 aliphatic heterocycles. The van der Waals surface area contributed by atoms with Gasteiger partial charge in [0.15, 0.2) is 0 Å². The van der Waals surface area contributed by atoms with Crippen molar-refractivity contribution in [1.29, 1.82) is 0 Å². The van der Waals surface area contributed by atoms with E-state index in [1.54, 1.807) is 0 Å². The molecule has 2 aromatic heterocycles. The van der Waals surface area contributed by atoms with Crippen LogP contribution in [-0.4, -0.2) is 29.0 Å². The summed E-state index contributed by atoms with van der Waals surface area (Å²) in [7, 11) is 1.30. The Morgan fingerprint density at radius 3 is 2.90 bits per heavy atom. The zero-order valence-electron chi connectivity index (χ0n) is 11.1. The number of hydrogen-bond donors (Lipinski definition) is 1. The fraction of sp³-hybridized carbons (Fsp3) is 0.231. The van der Waals surface area contributed by atoms with E-state index in [9.17, 15) is 9.59 Å². The molecule has 0 saturated heterocycles. The standard InChI is InChI=1S/C13H12ClN3O3S/c1-20-12(18)5-8(10-3-2-4-21-10)17-13(19)9-6-15-7-11(14)16-9/h2-4,6-8H,5H2,1H3,(H,17,19). The number of thiophene rings is 1. The van der Waals surface area contributed by atoms with Gasteiger partial charge in [0.1, 0.15) is 10.8 Å². The average Bonchev–Trinajstić information content (AvgIpc) is 3.00. The summed E-state index contributed by atoms with van der Waals surface area (Å²) in [5.74, 6) is -0.863. The molecule has 1 amide bonds. The molecule has 0 aromatic carbocycles. The largest absolute Gasteiger partial charge is 0.469 e. The van der Waals surface area contributed by atoms with E-state index in [1.807, 2.05) is 17.5 Å². The molecule has 0 fully saturated rings. The van der Waals surface area contributed by atoms with E-state index >= 15 is 0 Å². The van der Waals surface area contributed by atoms with Crippen LogP contribution in [0.25, 0.3) is 0 Å². The molecule has 1 unspecified atom stereocenters. The molecule has 0 spiro atoms. The molecule has 21 heavy (non-hydrogen) atoms. The minimum absolute atomic E-state index is 0.0384. The molecule has 6 nitrogen and oxygen atoms in total. The predicted molar refractivity (Wildman–Crippen MR) is 78.2 cm³/mol. The molecule has 2 rings (SSSR count). The van der Waals surface area contributed by atoms with Gasteiger partial charge in [0, 0.05) is 4.88 Å². The molecular formula is C13H12ClN3O3S.